The lowest BCUT2D eigenvalue weighted by atomic mass is 10.1. The molecule has 0 unspecified atom stereocenters. The summed E-state index contributed by atoms with van der Waals surface area (Å²) in [5.41, 5.74) is 10.1. The van der Waals surface area contributed by atoms with E-state index in [-0.39, 0.29) is 5.91 Å². The first-order valence-electron chi connectivity index (χ1n) is 10.4. The van der Waals surface area contributed by atoms with E-state index in [2.05, 4.69) is 51.9 Å². The fourth-order valence-electron chi connectivity index (χ4n) is 3.87. The maximum Gasteiger partial charge on any atom is 0.269 e. The van der Waals surface area contributed by atoms with Crippen LogP contribution in [0.15, 0.2) is 73.1 Å². The second-order valence-electron chi connectivity index (χ2n) is 7.76. The second kappa shape index (κ2) is 8.11. The van der Waals surface area contributed by atoms with E-state index in [9.17, 15) is 9.59 Å². The number of hydrazine groups is 1. The molecular weight excluding hydrogens is 402 g/mol. The summed E-state index contributed by atoms with van der Waals surface area (Å²) in [6, 6.07) is 19.0. The van der Waals surface area contributed by atoms with E-state index in [0.29, 0.717) is 11.1 Å². The molecule has 0 saturated heterocycles. The van der Waals surface area contributed by atoms with Gasteiger partial charge in [-0.1, -0.05) is 12.1 Å². The van der Waals surface area contributed by atoms with Gasteiger partial charge < -0.3 is 4.90 Å². The number of amides is 2. The molecule has 7 heteroatoms. The van der Waals surface area contributed by atoms with Crippen molar-refractivity contribution in [1.29, 1.82) is 0 Å². The summed E-state index contributed by atoms with van der Waals surface area (Å²) in [5, 5.41) is 1.15. The number of carbonyl (C=O) groups is 2. The smallest absolute Gasteiger partial charge is 0.269 e. The van der Waals surface area contributed by atoms with Gasteiger partial charge >= 0.3 is 0 Å². The van der Waals surface area contributed by atoms with Gasteiger partial charge in [0.15, 0.2) is 0 Å². The molecule has 2 amide bonds. The van der Waals surface area contributed by atoms with Crippen molar-refractivity contribution in [3.8, 4) is 0 Å². The van der Waals surface area contributed by atoms with E-state index in [1.54, 1.807) is 24.3 Å². The van der Waals surface area contributed by atoms with Crippen LogP contribution in [0.5, 0.6) is 0 Å². The lowest BCUT2D eigenvalue weighted by Crippen LogP contribution is -2.41. The predicted molar refractivity (Wildman–Crippen MR) is 123 cm³/mol. The zero-order valence-corrected chi connectivity index (χ0v) is 17.5. The maximum atomic E-state index is 12.4. The molecule has 0 radical (unpaired) electrons. The van der Waals surface area contributed by atoms with Gasteiger partial charge in [0.1, 0.15) is 5.82 Å². The van der Waals surface area contributed by atoms with Crippen molar-refractivity contribution < 1.29 is 9.59 Å². The first-order valence-corrected chi connectivity index (χ1v) is 10.4. The van der Waals surface area contributed by atoms with E-state index in [4.69, 9.17) is 4.98 Å². The summed E-state index contributed by atoms with van der Waals surface area (Å²) < 4.78 is 0. The number of benzene rings is 2. The van der Waals surface area contributed by atoms with Crippen LogP contribution in [0.4, 0.5) is 11.5 Å². The lowest BCUT2D eigenvalue weighted by Gasteiger charge is -2.19. The number of hydrogen-bond acceptors (Lipinski definition) is 5. The van der Waals surface area contributed by atoms with E-state index < -0.39 is 5.91 Å². The Morgan fingerprint density at radius 3 is 2.28 bits per heavy atom. The molecule has 0 aliphatic carbocycles. The number of aromatic nitrogens is 2. The summed E-state index contributed by atoms with van der Waals surface area (Å²) in [4.78, 5) is 35.4. The molecule has 0 atom stereocenters. The molecule has 4 aromatic rings. The van der Waals surface area contributed by atoms with Crippen molar-refractivity contribution in [2.24, 2.45) is 0 Å². The second-order valence-corrected chi connectivity index (χ2v) is 7.76. The Morgan fingerprint density at radius 1 is 0.875 bits per heavy atom. The topological polar surface area (TPSA) is 87.2 Å². The van der Waals surface area contributed by atoms with Crippen molar-refractivity contribution in [2.45, 2.75) is 13.3 Å². The highest BCUT2D eigenvalue weighted by molar-refractivity contribution is 5.99. The number of nitrogens with one attached hydrogen (secondary N) is 2. The summed E-state index contributed by atoms with van der Waals surface area (Å²) >= 11 is 0. The summed E-state index contributed by atoms with van der Waals surface area (Å²) in [7, 11) is 0. The van der Waals surface area contributed by atoms with Crippen molar-refractivity contribution in [3.63, 3.8) is 0 Å². The number of pyridine rings is 2. The highest BCUT2D eigenvalue weighted by Crippen LogP contribution is 2.35. The molecule has 2 aromatic heterocycles. The van der Waals surface area contributed by atoms with Crippen LogP contribution in [0.25, 0.3) is 10.9 Å². The number of carbonyl (C=O) groups excluding carboxylic acids is 2. The minimum Gasteiger partial charge on any atom is -0.326 e. The standard InChI is InChI=1S/C25H21N5O2/c1-16-2-3-19-15-20-10-13-30(23(20)27-22(19)14-16)21-6-4-17(5-7-21)24(31)28-29-25(32)18-8-11-26-12-9-18/h2-9,11-12,14-15H,10,13H2,1H3,(H,28,31)(H,29,32). The van der Waals surface area contributed by atoms with Gasteiger partial charge in [0.25, 0.3) is 11.8 Å². The van der Waals surface area contributed by atoms with Crippen LogP contribution < -0.4 is 15.8 Å². The van der Waals surface area contributed by atoms with E-state index in [1.807, 2.05) is 12.1 Å². The Kier molecular flexibility index (Phi) is 4.99. The largest absolute Gasteiger partial charge is 0.326 e. The Labute approximate surface area is 185 Å². The number of rotatable bonds is 3. The summed E-state index contributed by atoms with van der Waals surface area (Å²) in [6.45, 7) is 2.90. The number of nitrogens with zero attached hydrogens (tertiary/aromatic N) is 3. The molecule has 3 heterocycles. The molecule has 5 rings (SSSR count). The molecule has 1 aliphatic rings. The number of anilines is 2. The monoisotopic (exact) mass is 423 g/mol. The van der Waals surface area contributed by atoms with Gasteiger partial charge in [-0.15, -0.1) is 0 Å². The number of hydrogen-bond donors (Lipinski definition) is 2. The normalized spacial score (nSPS) is 12.5. The third kappa shape index (κ3) is 3.76. The zero-order valence-electron chi connectivity index (χ0n) is 17.5. The first-order chi connectivity index (χ1) is 15.6. The van der Waals surface area contributed by atoms with Crippen molar-refractivity contribution in [2.75, 3.05) is 11.4 Å². The Hall–Kier alpha value is -4.26. The zero-order chi connectivity index (χ0) is 22.1. The van der Waals surface area contributed by atoms with Crippen LogP contribution in [-0.4, -0.2) is 28.3 Å². The van der Waals surface area contributed by atoms with Crippen molar-refractivity contribution in [3.05, 3.63) is 95.3 Å². The minimum absolute atomic E-state index is 0.389. The van der Waals surface area contributed by atoms with E-state index in [0.717, 1.165) is 35.4 Å². The lowest BCUT2D eigenvalue weighted by molar-refractivity contribution is 0.0846. The van der Waals surface area contributed by atoms with Crippen LogP contribution >= 0.6 is 0 Å². The molecule has 158 valence electrons. The molecule has 7 nitrogen and oxygen atoms in total. The van der Waals surface area contributed by atoms with Crippen LogP contribution in [0, 0.1) is 6.92 Å². The Balaban J connectivity index is 1.30. The summed E-state index contributed by atoms with van der Waals surface area (Å²) in [5.74, 6) is 0.171. The van der Waals surface area contributed by atoms with E-state index in [1.165, 1.54) is 23.5 Å². The van der Waals surface area contributed by atoms with Gasteiger partial charge in [0.05, 0.1) is 5.52 Å². The first kappa shape index (κ1) is 19.7. The van der Waals surface area contributed by atoms with E-state index >= 15 is 0 Å². The van der Waals surface area contributed by atoms with Gasteiger partial charge in [0.2, 0.25) is 0 Å². The molecule has 0 bridgehead atoms. The average molecular weight is 423 g/mol. The maximum absolute atomic E-state index is 12.4. The average Bonchev–Trinajstić information content (AvgIpc) is 3.24. The fraction of sp³-hybridized carbons (Fsp3) is 0.120. The van der Waals surface area contributed by atoms with Gasteiger partial charge in [0, 0.05) is 41.1 Å². The molecule has 2 N–H and O–H groups in total. The SMILES string of the molecule is Cc1ccc2cc3c(nc2c1)N(c1ccc(C(=O)NNC(=O)c2ccncc2)cc1)CC3. The third-order valence-electron chi connectivity index (χ3n) is 5.56. The van der Waals surface area contributed by atoms with Crippen molar-refractivity contribution >= 4 is 34.2 Å². The van der Waals surface area contributed by atoms with Crippen LogP contribution in [0.3, 0.4) is 0 Å². The fourth-order valence-corrected chi connectivity index (χ4v) is 3.87. The van der Waals surface area contributed by atoms with Gasteiger partial charge in [-0.25, -0.2) is 4.98 Å². The highest BCUT2D eigenvalue weighted by Gasteiger charge is 2.23. The quantitative estimate of drug-likeness (QED) is 0.491. The molecule has 0 fully saturated rings. The number of fused-ring (bicyclic) bond motifs is 2. The summed E-state index contributed by atoms with van der Waals surface area (Å²) in [6.07, 6.45) is 3.96. The number of aryl methyl sites for hydroxylation is 1. The Morgan fingerprint density at radius 2 is 1.56 bits per heavy atom. The molecular formula is C25H21N5O2. The van der Waals surface area contributed by atoms with Gasteiger partial charge in [-0.2, -0.15) is 0 Å². The van der Waals surface area contributed by atoms with Crippen LogP contribution in [0.2, 0.25) is 0 Å². The predicted octanol–water partition coefficient (Wildman–Crippen LogP) is 3.71. The van der Waals surface area contributed by atoms with Crippen molar-refractivity contribution in [1.82, 2.24) is 20.8 Å². The van der Waals surface area contributed by atoms with Gasteiger partial charge in [-0.05, 0) is 73.0 Å². The molecule has 0 saturated carbocycles. The van der Waals surface area contributed by atoms with Gasteiger partial charge in [-0.3, -0.25) is 25.4 Å². The molecule has 2 aromatic carbocycles. The highest BCUT2D eigenvalue weighted by atomic mass is 16.2. The Bertz CT molecular complexity index is 1320. The minimum atomic E-state index is -0.403. The van der Waals surface area contributed by atoms with Crippen LogP contribution in [0.1, 0.15) is 31.8 Å². The molecule has 0 spiro atoms. The molecule has 1 aliphatic heterocycles. The van der Waals surface area contributed by atoms with Crippen LogP contribution in [-0.2, 0) is 6.42 Å². The third-order valence-corrected chi connectivity index (χ3v) is 5.56. The molecule has 32 heavy (non-hydrogen) atoms.